The standard InChI is InChI=1S/C9H12N2O/c1-6-3-4-8-5-10-9(12)7(2)11(6)8/h3-4,7H,5H2,1-2H3,(H,10,12). The Kier molecular flexibility index (Phi) is 1.46. The third kappa shape index (κ3) is 0.858. The van der Waals surface area contributed by atoms with Crippen LogP contribution in [0, 0.1) is 6.92 Å². The summed E-state index contributed by atoms with van der Waals surface area (Å²) in [5.41, 5.74) is 2.35. The van der Waals surface area contributed by atoms with Crippen molar-refractivity contribution in [3.05, 3.63) is 23.5 Å². The lowest BCUT2D eigenvalue weighted by Crippen LogP contribution is -2.37. The van der Waals surface area contributed by atoms with Crippen molar-refractivity contribution in [3.8, 4) is 0 Å². The van der Waals surface area contributed by atoms with Crippen molar-refractivity contribution in [3.63, 3.8) is 0 Å². The molecule has 64 valence electrons. The minimum Gasteiger partial charge on any atom is -0.349 e. The smallest absolute Gasteiger partial charge is 0.243 e. The molecule has 1 aromatic heterocycles. The van der Waals surface area contributed by atoms with Gasteiger partial charge in [0.2, 0.25) is 5.91 Å². The van der Waals surface area contributed by atoms with E-state index < -0.39 is 0 Å². The molecule has 0 saturated heterocycles. The maximum Gasteiger partial charge on any atom is 0.243 e. The van der Waals surface area contributed by atoms with Crippen molar-refractivity contribution in [2.45, 2.75) is 26.4 Å². The molecule has 2 heterocycles. The Balaban J connectivity index is 2.52. The van der Waals surface area contributed by atoms with Crippen LogP contribution in [0.1, 0.15) is 24.4 Å². The Morgan fingerprint density at radius 1 is 1.58 bits per heavy atom. The lowest BCUT2D eigenvalue weighted by Gasteiger charge is -2.24. The van der Waals surface area contributed by atoms with Crippen LogP contribution in [0.25, 0.3) is 0 Å². The van der Waals surface area contributed by atoms with Crippen molar-refractivity contribution < 1.29 is 4.79 Å². The quantitative estimate of drug-likeness (QED) is 0.609. The molecular formula is C9H12N2O. The maximum absolute atomic E-state index is 11.3. The molecule has 0 radical (unpaired) electrons. The van der Waals surface area contributed by atoms with E-state index in [1.165, 1.54) is 5.69 Å². The number of fused-ring (bicyclic) bond motifs is 1. The fourth-order valence-corrected chi connectivity index (χ4v) is 1.74. The second kappa shape index (κ2) is 2.37. The van der Waals surface area contributed by atoms with Crippen molar-refractivity contribution in [1.29, 1.82) is 0 Å². The molecule has 1 aliphatic rings. The molecule has 1 amide bonds. The Morgan fingerprint density at radius 2 is 2.33 bits per heavy atom. The number of carbonyl (C=O) groups excluding carboxylic acids is 1. The molecule has 0 fully saturated rings. The average molecular weight is 164 g/mol. The molecule has 3 nitrogen and oxygen atoms in total. The monoisotopic (exact) mass is 164 g/mol. The number of rotatable bonds is 0. The molecule has 1 unspecified atom stereocenters. The first-order valence-electron chi connectivity index (χ1n) is 4.14. The second-order valence-corrected chi connectivity index (χ2v) is 3.23. The molecule has 3 heteroatoms. The first kappa shape index (κ1) is 7.40. The van der Waals surface area contributed by atoms with E-state index >= 15 is 0 Å². The van der Waals surface area contributed by atoms with Gasteiger partial charge in [0.25, 0.3) is 0 Å². The Labute approximate surface area is 71.4 Å². The number of hydrogen-bond donors (Lipinski definition) is 1. The first-order chi connectivity index (χ1) is 5.70. The van der Waals surface area contributed by atoms with Gasteiger partial charge < -0.3 is 9.88 Å². The maximum atomic E-state index is 11.3. The predicted octanol–water partition coefficient (Wildman–Crippen LogP) is 0.987. The fourth-order valence-electron chi connectivity index (χ4n) is 1.74. The first-order valence-corrected chi connectivity index (χ1v) is 4.14. The Hall–Kier alpha value is -1.25. The van der Waals surface area contributed by atoms with Crippen molar-refractivity contribution in [1.82, 2.24) is 9.88 Å². The van der Waals surface area contributed by atoms with Gasteiger partial charge in [0.05, 0.1) is 6.54 Å². The molecule has 0 saturated carbocycles. The lowest BCUT2D eigenvalue weighted by atomic mass is 10.2. The molecule has 0 spiro atoms. The minimum absolute atomic E-state index is 0.0521. The Morgan fingerprint density at radius 3 is 3.08 bits per heavy atom. The second-order valence-electron chi connectivity index (χ2n) is 3.23. The van der Waals surface area contributed by atoms with Crippen molar-refractivity contribution >= 4 is 5.91 Å². The molecule has 0 aromatic carbocycles. The van der Waals surface area contributed by atoms with Gasteiger partial charge >= 0.3 is 0 Å². The summed E-state index contributed by atoms with van der Waals surface area (Å²) in [6.07, 6.45) is 0. The highest BCUT2D eigenvalue weighted by Crippen LogP contribution is 2.19. The van der Waals surface area contributed by atoms with Crippen molar-refractivity contribution in [2.75, 3.05) is 0 Å². The van der Waals surface area contributed by atoms with E-state index in [9.17, 15) is 4.79 Å². The average Bonchev–Trinajstić information content (AvgIpc) is 2.41. The summed E-state index contributed by atoms with van der Waals surface area (Å²) in [4.78, 5) is 11.3. The van der Waals surface area contributed by atoms with Crippen LogP contribution in [0.5, 0.6) is 0 Å². The fraction of sp³-hybridized carbons (Fsp3) is 0.444. The molecule has 1 N–H and O–H groups in total. The highest BCUT2D eigenvalue weighted by molar-refractivity contribution is 5.81. The van der Waals surface area contributed by atoms with Gasteiger partial charge in [-0.1, -0.05) is 0 Å². The molecule has 1 atom stereocenters. The van der Waals surface area contributed by atoms with E-state index in [1.807, 2.05) is 19.9 Å². The minimum atomic E-state index is -0.0521. The summed E-state index contributed by atoms with van der Waals surface area (Å²) in [5, 5.41) is 2.84. The van der Waals surface area contributed by atoms with Crippen LogP contribution < -0.4 is 5.32 Å². The van der Waals surface area contributed by atoms with Crippen LogP contribution in [0.3, 0.4) is 0 Å². The summed E-state index contributed by atoms with van der Waals surface area (Å²) in [6, 6.07) is 4.06. The van der Waals surface area contributed by atoms with Crippen molar-refractivity contribution in [2.24, 2.45) is 0 Å². The van der Waals surface area contributed by atoms with E-state index in [2.05, 4.69) is 16.0 Å². The lowest BCUT2D eigenvalue weighted by molar-refractivity contribution is -0.125. The number of nitrogens with one attached hydrogen (secondary N) is 1. The zero-order chi connectivity index (χ0) is 8.72. The SMILES string of the molecule is Cc1ccc2n1C(C)C(=O)NC2. The van der Waals surface area contributed by atoms with Crippen LogP contribution in [0.4, 0.5) is 0 Å². The van der Waals surface area contributed by atoms with Gasteiger partial charge in [0.15, 0.2) is 0 Å². The van der Waals surface area contributed by atoms with E-state index in [0.29, 0.717) is 6.54 Å². The number of aryl methyl sites for hydroxylation is 1. The third-order valence-corrected chi connectivity index (χ3v) is 2.42. The van der Waals surface area contributed by atoms with Crippen LogP contribution in [-0.4, -0.2) is 10.5 Å². The van der Waals surface area contributed by atoms with Gasteiger partial charge in [-0.05, 0) is 26.0 Å². The number of hydrogen-bond acceptors (Lipinski definition) is 1. The van der Waals surface area contributed by atoms with Gasteiger partial charge in [0.1, 0.15) is 6.04 Å². The van der Waals surface area contributed by atoms with Gasteiger partial charge in [0, 0.05) is 11.4 Å². The van der Waals surface area contributed by atoms with E-state index in [0.717, 1.165) is 5.69 Å². The zero-order valence-electron chi connectivity index (χ0n) is 7.29. The van der Waals surface area contributed by atoms with Crippen LogP contribution in [-0.2, 0) is 11.3 Å². The molecule has 0 aliphatic carbocycles. The van der Waals surface area contributed by atoms with Gasteiger partial charge in [-0.25, -0.2) is 0 Å². The summed E-state index contributed by atoms with van der Waals surface area (Å²) in [6.45, 7) is 4.61. The highest BCUT2D eigenvalue weighted by Gasteiger charge is 2.23. The van der Waals surface area contributed by atoms with Crippen LogP contribution in [0.15, 0.2) is 12.1 Å². The number of amides is 1. The topological polar surface area (TPSA) is 34.0 Å². The van der Waals surface area contributed by atoms with E-state index in [4.69, 9.17) is 0 Å². The van der Waals surface area contributed by atoms with Crippen LogP contribution in [0.2, 0.25) is 0 Å². The summed E-state index contributed by atoms with van der Waals surface area (Å²) < 4.78 is 2.08. The largest absolute Gasteiger partial charge is 0.349 e. The molecule has 1 aromatic rings. The number of nitrogens with zero attached hydrogens (tertiary/aromatic N) is 1. The summed E-state index contributed by atoms with van der Waals surface area (Å²) in [7, 11) is 0. The molecule has 0 bridgehead atoms. The molecule has 1 aliphatic heterocycles. The molecule has 2 rings (SSSR count). The summed E-state index contributed by atoms with van der Waals surface area (Å²) >= 11 is 0. The normalized spacial score (nSPS) is 21.8. The van der Waals surface area contributed by atoms with E-state index in [-0.39, 0.29) is 11.9 Å². The van der Waals surface area contributed by atoms with Crippen LogP contribution >= 0.6 is 0 Å². The highest BCUT2D eigenvalue weighted by atomic mass is 16.2. The predicted molar refractivity (Wildman–Crippen MR) is 45.7 cm³/mol. The number of aromatic nitrogens is 1. The van der Waals surface area contributed by atoms with E-state index in [1.54, 1.807) is 0 Å². The van der Waals surface area contributed by atoms with Gasteiger partial charge in [-0.3, -0.25) is 4.79 Å². The molecule has 12 heavy (non-hydrogen) atoms. The Bertz CT molecular complexity index is 327. The molecular weight excluding hydrogens is 152 g/mol. The zero-order valence-corrected chi connectivity index (χ0v) is 7.29. The third-order valence-electron chi connectivity index (χ3n) is 2.42. The van der Waals surface area contributed by atoms with Gasteiger partial charge in [-0.2, -0.15) is 0 Å². The summed E-state index contributed by atoms with van der Waals surface area (Å²) in [5.74, 6) is 0.113. The van der Waals surface area contributed by atoms with Gasteiger partial charge in [-0.15, -0.1) is 0 Å². The number of carbonyl (C=O) groups is 1.